The quantitative estimate of drug-likeness (QED) is 0.753. The van der Waals surface area contributed by atoms with Gasteiger partial charge in [0, 0.05) is 5.54 Å². The number of hydrogen-bond acceptors (Lipinski definition) is 2. The second kappa shape index (κ2) is 5.13. The summed E-state index contributed by atoms with van der Waals surface area (Å²) in [6, 6.07) is 0. The third-order valence-corrected chi connectivity index (χ3v) is 3.18. The topological polar surface area (TPSA) is 29.3 Å². The molecule has 1 aliphatic rings. The van der Waals surface area contributed by atoms with Crippen molar-refractivity contribution in [2.24, 2.45) is 11.7 Å². The van der Waals surface area contributed by atoms with Crippen molar-refractivity contribution in [2.45, 2.75) is 52.0 Å². The van der Waals surface area contributed by atoms with E-state index in [4.69, 9.17) is 5.73 Å². The van der Waals surface area contributed by atoms with Gasteiger partial charge in [0.05, 0.1) is 0 Å². The molecule has 0 aromatic heterocycles. The van der Waals surface area contributed by atoms with Crippen LogP contribution in [-0.2, 0) is 0 Å². The fraction of sp³-hybridized carbons (Fsp3) is 1.00. The maximum atomic E-state index is 5.99. The molecule has 2 nitrogen and oxygen atoms in total. The second-order valence-corrected chi connectivity index (χ2v) is 5.62. The molecule has 1 heterocycles. The molecule has 0 radical (unpaired) electrons. The van der Waals surface area contributed by atoms with E-state index >= 15 is 0 Å². The van der Waals surface area contributed by atoms with Gasteiger partial charge in [-0.3, -0.25) is 0 Å². The van der Waals surface area contributed by atoms with Gasteiger partial charge in [0.15, 0.2) is 0 Å². The summed E-state index contributed by atoms with van der Waals surface area (Å²) >= 11 is 0. The minimum absolute atomic E-state index is 0.00206. The minimum atomic E-state index is -0.00206. The Hall–Kier alpha value is -0.0800. The summed E-state index contributed by atoms with van der Waals surface area (Å²) in [6.07, 6.45) is 5.25. The van der Waals surface area contributed by atoms with Crippen LogP contribution in [0, 0.1) is 5.92 Å². The Morgan fingerprint density at radius 3 is 2.64 bits per heavy atom. The van der Waals surface area contributed by atoms with Crippen LogP contribution in [0.15, 0.2) is 0 Å². The van der Waals surface area contributed by atoms with E-state index in [0.29, 0.717) is 0 Å². The number of nitrogens with two attached hydrogens (primary N) is 1. The van der Waals surface area contributed by atoms with Crippen molar-refractivity contribution in [3.8, 4) is 0 Å². The van der Waals surface area contributed by atoms with Crippen molar-refractivity contribution in [1.29, 1.82) is 0 Å². The molecular formula is C12H26N2. The van der Waals surface area contributed by atoms with E-state index in [1.54, 1.807) is 0 Å². The highest BCUT2D eigenvalue weighted by Gasteiger charge is 2.16. The monoisotopic (exact) mass is 198 g/mol. The Kier molecular flexibility index (Phi) is 4.39. The van der Waals surface area contributed by atoms with Crippen LogP contribution in [0.5, 0.6) is 0 Å². The average Bonchev–Trinajstić information content (AvgIpc) is 2.25. The molecule has 0 aromatic rings. The molecule has 1 rings (SSSR count). The van der Waals surface area contributed by atoms with Gasteiger partial charge in [-0.15, -0.1) is 0 Å². The molecule has 1 saturated heterocycles. The van der Waals surface area contributed by atoms with Crippen LogP contribution >= 0.6 is 0 Å². The molecule has 1 aliphatic heterocycles. The first-order chi connectivity index (χ1) is 6.47. The highest BCUT2D eigenvalue weighted by molar-refractivity contribution is 4.75. The zero-order valence-corrected chi connectivity index (χ0v) is 10.1. The van der Waals surface area contributed by atoms with Crippen molar-refractivity contribution < 1.29 is 0 Å². The van der Waals surface area contributed by atoms with Crippen molar-refractivity contribution in [1.82, 2.24) is 4.90 Å². The standard InChI is InChI=1S/C12H26N2/c1-11-5-4-8-14(9-6-11)10-7-12(2,3)13/h11H,4-10,13H2,1-3H3. The largest absolute Gasteiger partial charge is 0.326 e. The van der Waals surface area contributed by atoms with Gasteiger partial charge in [0.1, 0.15) is 0 Å². The molecule has 14 heavy (non-hydrogen) atoms. The zero-order chi connectivity index (χ0) is 10.6. The van der Waals surface area contributed by atoms with Crippen LogP contribution in [0.4, 0.5) is 0 Å². The third kappa shape index (κ3) is 4.97. The van der Waals surface area contributed by atoms with E-state index in [-0.39, 0.29) is 5.54 Å². The van der Waals surface area contributed by atoms with Gasteiger partial charge >= 0.3 is 0 Å². The first-order valence-corrected chi connectivity index (χ1v) is 5.98. The summed E-state index contributed by atoms with van der Waals surface area (Å²) in [4.78, 5) is 2.58. The summed E-state index contributed by atoms with van der Waals surface area (Å²) in [5.41, 5.74) is 5.99. The van der Waals surface area contributed by atoms with E-state index in [1.165, 1.54) is 38.9 Å². The molecule has 0 saturated carbocycles. The van der Waals surface area contributed by atoms with Gasteiger partial charge in [-0.05, 0) is 65.1 Å². The van der Waals surface area contributed by atoms with E-state index in [2.05, 4.69) is 25.7 Å². The summed E-state index contributed by atoms with van der Waals surface area (Å²) in [6.45, 7) is 10.3. The molecule has 84 valence electrons. The summed E-state index contributed by atoms with van der Waals surface area (Å²) in [5, 5.41) is 0. The predicted octanol–water partition coefficient (Wildman–Crippen LogP) is 2.24. The first kappa shape index (κ1) is 12.0. The molecule has 1 atom stereocenters. The average molecular weight is 198 g/mol. The highest BCUT2D eigenvalue weighted by Crippen LogP contribution is 2.17. The van der Waals surface area contributed by atoms with E-state index in [1.807, 2.05) is 0 Å². The Bertz CT molecular complexity index is 160. The van der Waals surface area contributed by atoms with Crippen molar-refractivity contribution in [2.75, 3.05) is 19.6 Å². The highest BCUT2D eigenvalue weighted by atomic mass is 15.1. The first-order valence-electron chi connectivity index (χ1n) is 5.98. The molecule has 0 amide bonds. The summed E-state index contributed by atoms with van der Waals surface area (Å²) in [5.74, 6) is 0.922. The zero-order valence-electron chi connectivity index (χ0n) is 10.1. The SMILES string of the molecule is CC1CCCN(CCC(C)(C)N)CC1. The normalized spacial score (nSPS) is 26.1. The number of nitrogens with zero attached hydrogens (tertiary/aromatic N) is 1. The van der Waals surface area contributed by atoms with Crippen LogP contribution in [0.1, 0.15) is 46.5 Å². The molecule has 0 bridgehead atoms. The van der Waals surface area contributed by atoms with Gasteiger partial charge in [-0.25, -0.2) is 0 Å². The van der Waals surface area contributed by atoms with Crippen molar-refractivity contribution in [3.63, 3.8) is 0 Å². The molecule has 2 N–H and O–H groups in total. The van der Waals surface area contributed by atoms with E-state index in [0.717, 1.165) is 12.3 Å². The Morgan fingerprint density at radius 2 is 2.00 bits per heavy atom. The molecule has 0 aromatic carbocycles. The lowest BCUT2D eigenvalue weighted by Crippen LogP contribution is -2.37. The summed E-state index contributed by atoms with van der Waals surface area (Å²) < 4.78 is 0. The Labute approximate surface area is 88.8 Å². The lowest BCUT2D eigenvalue weighted by atomic mass is 10.0. The van der Waals surface area contributed by atoms with E-state index in [9.17, 15) is 0 Å². The van der Waals surface area contributed by atoms with Crippen LogP contribution < -0.4 is 5.73 Å². The van der Waals surface area contributed by atoms with Gasteiger partial charge in [0.2, 0.25) is 0 Å². The number of likely N-dealkylation sites (tertiary alicyclic amines) is 1. The smallest absolute Gasteiger partial charge is 0.0109 e. The maximum absolute atomic E-state index is 5.99. The number of rotatable bonds is 3. The Morgan fingerprint density at radius 1 is 1.29 bits per heavy atom. The fourth-order valence-electron chi connectivity index (χ4n) is 1.99. The minimum Gasteiger partial charge on any atom is -0.326 e. The van der Waals surface area contributed by atoms with Crippen LogP contribution in [0.2, 0.25) is 0 Å². The molecule has 0 aliphatic carbocycles. The van der Waals surface area contributed by atoms with Crippen LogP contribution in [0.3, 0.4) is 0 Å². The predicted molar refractivity (Wildman–Crippen MR) is 62.3 cm³/mol. The van der Waals surface area contributed by atoms with Crippen LogP contribution in [0.25, 0.3) is 0 Å². The van der Waals surface area contributed by atoms with Gasteiger partial charge in [-0.2, -0.15) is 0 Å². The van der Waals surface area contributed by atoms with Gasteiger partial charge in [-0.1, -0.05) is 6.92 Å². The van der Waals surface area contributed by atoms with Crippen molar-refractivity contribution >= 4 is 0 Å². The second-order valence-electron chi connectivity index (χ2n) is 5.62. The molecule has 1 unspecified atom stereocenters. The molecular weight excluding hydrogens is 172 g/mol. The lowest BCUT2D eigenvalue weighted by Gasteiger charge is -2.25. The third-order valence-electron chi connectivity index (χ3n) is 3.18. The van der Waals surface area contributed by atoms with Crippen LogP contribution in [-0.4, -0.2) is 30.1 Å². The lowest BCUT2D eigenvalue weighted by molar-refractivity contribution is 0.255. The Balaban J connectivity index is 2.24. The molecule has 1 fully saturated rings. The van der Waals surface area contributed by atoms with Gasteiger partial charge in [0.25, 0.3) is 0 Å². The summed E-state index contributed by atoms with van der Waals surface area (Å²) in [7, 11) is 0. The van der Waals surface area contributed by atoms with E-state index < -0.39 is 0 Å². The maximum Gasteiger partial charge on any atom is 0.0109 e. The molecule has 0 spiro atoms. The number of hydrogen-bond donors (Lipinski definition) is 1. The van der Waals surface area contributed by atoms with Crippen molar-refractivity contribution in [3.05, 3.63) is 0 Å². The fourth-order valence-corrected chi connectivity index (χ4v) is 1.99. The molecule has 2 heteroatoms. The van der Waals surface area contributed by atoms with Gasteiger partial charge < -0.3 is 10.6 Å².